The van der Waals surface area contributed by atoms with E-state index in [9.17, 15) is 23.3 Å². The van der Waals surface area contributed by atoms with Gasteiger partial charge in [-0.15, -0.1) is 0 Å². The molecule has 0 aromatic heterocycles. The maximum atomic E-state index is 12.6. The topological polar surface area (TPSA) is 110 Å². The van der Waals surface area contributed by atoms with Gasteiger partial charge in [-0.3, -0.25) is 14.9 Å². The van der Waals surface area contributed by atoms with Crippen molar-refractivity contribution in [3.05, 3.63) is 32.8 Å². The molecule has 1 amide bonds. The van der Waals surface area contributed by atoms with E-state index < -0.39 is 20.9 Å². The summed E-state index contributed by atoms with van der Waals surface area (Å²) in [5.74, 6) is -0.783. The van der Waals surface area contributed by atoms with E-state index >= 15 is 0 Å². The number of benzene rings is 1. The Labute approximate surface area is 157 Å². The highest BCUT2D eigenvalue weighted by molar-refractivity contribution is 7.89. The highest BCUT2D eigenvalue weighted by Gasteiger charge is 2.32. The molecule has 1 aromatic rings. The van der Waals surface area contributed by atoms with Crippen LogP contribution in [0.2, 0.25) is 5.02 Å². The second-order valence-corrected chi connectivity index (χ2v) is 8.87. The van der Waals surface area contributed by atoms with Gasteiger partial charge in [-0.1, -0.05) is 18.5 Å². The Morgan fingerprint density at radius 2 is 2.15 bits per heavy atom. The predicted molar refractivity (Wildman–Crippen MR) is 99.8 cm³/mol. The summed E-state index contributed by atoms with van der Waals surface area (Å²) in [6, 6.07) is 2.65. The predicted octanol–water partition coefficient (Wildman–Crippen LogP) is 2.95. The quantitative estimate of drug-likeness (QED) is 0.580. The Kier molecular flexibility index (Phi) is 6.59. The maximum Gasteiger partial charge on any atom is 0.289 e. The lowest BCUT2D eigenvalue weighted by atomic mass is 9.98. The Balaban J connectivity index is 2.15. The second-order valence-electron chi connectivity index (χ2n) is 6.38. The van der Waals surface area contributed by atoms with Gasteiger partial charge in [0.1, 0.15) is 5.02 Å². The Hall–Kier alpha value is -1.71. The van der Waals surface area contributed by atoms with Crippen molar-refractivity contribution in [3.63, 3.8) is 0 Å². The van der Waals surface area contributed by atoms with Crippen LogP contribution in [-0.2, 0) is 14.8 Å². The molecule has 1 atom stereocenters. The third-order valence-corrected chi connectivity index (χ3v) is 6.70. The number of hydrogen-bond donors (Lipinski definition) is 1. The minimum absolute atomic E-state index is 0.000000453. The largest absolute Gasteiger partial charge is 0.325 e. The summed E-state index contributed by atoms with van der Waals surface area (Å²) in [4.78, 5) is 23.0. The van der Waals surface area contributed by atoms with Gasteiger partial charge in [0, 0.05) is 19.2 Å². The zero-order valence-electron chi connectivity index (χ0n) is 14.7. The standard InChI is InChI=1S/C16H22ClN3O5S/c1-3-7-26(24,25)19-6-4-5-12(10-19)16(21)18-14-9-15(20(22)23)13(17)8-11(14)2/h8-9,12H,3-7,10H2,1-2H3,(H,18,21). The highest BCUT2D eigenvalue weighted by atomic mass is 35.5. The summed E-state index contributed by atoms with van der Waals surface area (Å²) in [6.07, 6.45) is 1.68. The molecule has 0 radical (unpaired) electrons. The van der Waals surface area contributed by atoms with E-state index in [-0.39, 0.29) is 28.9 Å². The summed E-state index contributed by atoms with van der Waals surface area (Å²) in [5, 5.41) is 13.7. The van der Waals surface area contributed by atoms with Gasteiger partial charge in [0.15, 0.2) is 0 Å². The number of nitro groups is 1. The molecular weight excluding hydrogens is 382 g/mol. The smallest absolute Gasteiger partial charge is 0.289 e. The fraction of sp³-hybridized carbons (Fsp3) is 0.562. The molecule has 0 aliphatic carbocycles. The van der Waals surface area contributed by atoms with Crippen molar-refractivity contribution in [1.29, 1.82) is 0 Å². The van der Waals surface area contributed by atoms with Crippen molar-refractivity contribution in [2.24, 2.45) is 5.92 Å². The number of carbonyl (C=O) groups is 1. The molecule has 1 heterocycles. The average molecular weight is 404 g/mol. The monoisotopic (exact) mass is 403 g/mol. The lowest BCUT2D eigenvalue weighted by Gasteiger charge is -2.31. The van der Waals surface area contributed by atoms with Gasteiger partial charge in [0.25, 0.3) is 5.69 Å². The number of nitrogens with one attached hydrogen (secondary N) is 1. The SMILES string of the molecule is CCCS(=O)(=O)N1CCCC(C(=O)Nc2cc([N+](=O)[O-])c(Cl)cc2C)C1. The molecule has 144 valence electrons. The van der Waals surface area contributed by atoms with Crippen LogP contribution in [0.1, 0.15) is 31.7 Å². The first-order valence-electron chi connectivity index (χ1n) is 8.39. The molecule has 0 saturated carbocycles. The van der Waals surface area contributed by atoms with E-state index in [2.05, 4.69) is 5.32 Å². The zero-order chi connectivity index (χ0) is 19.5. The van der Waals surface area contributed by atoms with E-state index in [1.54, 1.807) is 13.8 Å². The Morgan fingerprint density at radius 1 is 1.46 bits per heavy atom. The van der Waals surface area contributed by atoms with Gasteiger partial charge in [-0.05, 0) is 37.8 Å². The number of nitro benzene ring substituents is 1. The van der Waals surface area contributed by atoms with Gasteiger partial charge in [-0.25, -0.2) is 12.7 Å². The molecule has 1 aliphatic heterocycles. The number of carbonyl (C=O) groups excluding carboxylic acids is 1. The molecule has 2 rings (SSSR count). The summed E-state index contributed by atoms with van der Waals surface area (Å²) in [7, 11) is -3.36. The molecular formula is C16H22ClN3O5S. The van der Waals surface area contributed by atoms with E-state index in [1.165, 1.54) is 16.4 Å². The van der Waals surface area contributed by atoms with Crippen molar-refractivity contribution in [2.45, 2.75) is 33.1 Å². The molecule has 26 heavy (non-hydrogen) atoms. The van der Waals surface area contributed by atoms with E-state index in [0.717, 1.165) is 0 Å². The van der Waals surface area contributed by atoms with Crippen LogP contribution in [0.5, 0.6) is 0 Å². The number of aryl methyl sites for hydroxylation is 1. The highest BCUT2D eigenvalue weighted by Crippen LogP contribution is 2.31. The lowest BCUT2D eigenvalue weighted by Crippen LogP contribution is -2.44. The third kappa shape index (κ3) is 4.72. The first kappa shape index (κ1) is 20.6. The van der Waals surface area contributed by atoms with Crippen molar-refractivity contribution < 1.29 is 18.1 Å². The normalized spacial score (nSPS) is 18.5. The number of sulfonamides is 1. The first-order chi connectivity index (χ1) is 12.2. The van der Waals surface area contributed by atoms with Gasteiger partial charge in [0.05, 0.1) is 22.3 Å². The first-order valence-corrected chi connectivity index (χ1v) is 10.4. The number of amides is 1. The van der Waals surface area contributed by atoms with Crippen LogP contribution in [0.3, 0.4) is 0 Å². The van der Waals surface area contributed by atoms with Crippen LogP contribution in [-0.4, -0.2) is 42.4 Å². The van der Waals surface area contributed by atoms with Gasteiger partial charge < -0.3 is 5.32 Å². The molecule has 1 saturated heterocycles. The molecule has 1 fully saturated rings. The van der Waals surface area contributed by atoms with Crippen molar-refractivity contribution in [2.75, 3.05) is 24.2 Å². The van der Waals surface area contributed by atoms with Crippen LogP contribution in [0.4, 0.5) is 11.4 Å². The number of piperidine rings is 1. The summed E-state index contributed by atoms with van der Waals surface area (Å²) >= 11 is 5.85. The number of rotatable bonds is 6. The zero-order valence-corrected chi connectivity index (χ0v) is 16.3. The maximum absolute atomic E-state index is 12.6. The number of hydrogen-bond acceptors (Lipinski definition) is 5. The molecule has 1 aliphatic rings. The molecule has 0 spiro atoms. The second kappa shape index (κ2) is 8.32. The molecule has 1 aromatic carbocycles. The van der Waals surface area contributed by atoms with E-state index in [4.69, 9.17) is 11.6 Å². The van der Waals surface area contributed by atoms with Crippen LogP contribution in [0.25, 0.3) is 0 Å². The van der Waals surface area contributed by atoms with Crippen LogP contribution >= 0.6 is 11.6 Å². The van der Waals surface area contributed by atoms with Crippen LogP contribution in [0.15, 0.2) is 12.1 Å². The molecule has 0 bridgehead atoms. The van der Waals surface area contributed by atoms with Crippen LogP contribution in [0, 0.1) is 23.0 Å². The number of nitrogens with zero attached hydrogens (tertiary/aromatic N) is 2. The lowest BCUT2D eigenvalue weighted by molar-refractivity contribution is -0.384. The Bertz CT molecular complexity index is 812. The van der Waals surface area contributed by atoms with Gasteiger partial charge >= 0.3 is 0 Å². The molecule has 8 nitrogen and oxygen atoms in total. The number of anilines is 1. The fourth-order valence-corrected chi connectivity index (χ4v) is 4.84. The summed E-state index contributed by atoms with van der Waals surface area (Å²) in [5.41, 5.74) is 0.614. The third-order valence-electron chi connectivity index (χ3n) is 4.36. The van der Waals surface area contributed by atoms with Gasteiger partial charge in [-0.2, -0.15) is 0 Å². The molecule has 1 unspecified atom stereocenters. The number of halogens is 1. The van der Waals surface area contributed by atoms with Crippen LogP contribution < -0.4 is 5.32 Å². The van der Waals surface area contributed by atoms with Crippen molar-refractivity contribution >= 4 is 38.9 Å². The minimum atomic E-state index is -3.36. The van der Waals surface area contributed by atoms with Crippen molar-refractivity contribution in [3.8, 4) is 0 Å². The summed E-state index contributed by atoms with van der Waals surface area (Å²) < 4.78 is 25.8. The minimum Gasteiger partial charge on any atom is -0.325 e. The summed E-state index contributed by atoms with van der Waals surface area (Å²) in [6.45, 7) is 4.02. The average Bonchev–Trinajstić information content (AvgIpc) is 2.57. The van der Waals surface area contributed by atoms with Crippen molar-refractivity contribution in [1.82, 2.24) is 4.31 Å². The van der Waals surface area contributed by atoms with E-state index in [0.29, 0.717) is 37.1 Å². The van der Waals surface area contributed by atoms with Gasteiger partial charge in [0.2, 0.25) is 15.9 Å². The molecule has 10 heteroatoms. The molecule has 1 N–H and O–H groups in total. The van der Waals surface area contributed by atoms with E-state index in [1.807, 2.05) is 0 Å². The Morgan fingerprint density at radius 3 is 2.77 bits per heavy atom. The fourth-order valence-electron chi connectivity index (χ4n) is 2.97.